The number of hydrogen-bond acceptors (Lipinski definition) is 2. The second-order valence-corrected chi connectivity index (χ2v) is 5.26. The molecule has 0 atom stereocenters. The van der Waals surface area contributed by atoms with Crippen molar-refractivity contribution >= 4 is 23.3 Å². The van der Waals surface area contributed by atoms with E-state index in [1.807, 2.05) is 13.0 Å². The number of amides is 2. The normalized spacial score (nSPS) is 16.8. The molecule has 98 valence electrons. The van der Waals surface area contributed by atoms with Crippen LogP contribution in [0.3, 0.4) is 0 Å². The van der Waals surface area contributed by atoms with Gasteiger partial charge in [0.2, 0.25) is 0 Å². The number of carbonyl (C=O) groups is 1. The molecule has 5 heteroatoms. The SMILES string of the molecule is Cc1ccc(NC(=O)NCC2(O)CCC2)cc1Cl. The van der Waals surface area contributed by atoms with Crippen LogP contribution < -0.4 is 10.6 Å². The maximum atomic E-state index is 11.6. The Hall–Kier alpha value is -1.26. The summed E-state index contributed by atoms with van der Waals surface area (Å²) < 4.78 is 0. The Kier molecular flexibility index (Phi) is 3.78. The molecule has 1 aliphatic rings. The predicted molar refractivity (Wildman–Crippen MR) is 72.0 cm³/mol. The largest absolute Gasteiger partial charge is 0.388 e. The average Bonchev–Trinajstić information content (AvgIpc) is 2.29. The first-order chi connectivity index (χ1) is 8.48. The number of benzene rings is 1. The highest BCUT2D eigenvalue weighted by Crippen LogP contribution is 2.30. The van der Waals surface area contributed by atoms with Gasteiger partial charge in [0.25, 0.3) is 0 Å². The van der Waals surface area contributed by atoms with Crippen LogP contribution in [-0.4, -0.2) is 23.3 Å². The van der Waals surface area contributed by atoms with Gasteiger partial charge in [0.15, 0.2) is 0 Å². The molecule has 0 saturated heterocycles. The molecule has 2 amide bonds. The molecular formula is C13H17ClN2O2. The molecule has 0 spiro atoms. The average molecular weight is 269 g/mol. The van der Waals surface area contributed by atoms with Gasteiger partial charge in [-0.05, 0) is 43.9 Å². The Balaban J connectivity index is 1.85. The highest BCUT2D eigenvalue weighted by atomic mass is 35.5. The molecule has 0 aromatic heterocycles. The summed E-state index contributed by atoms with van der Waals surface area (Å²) in [7, 11) is 0. The number of aliphatic hydroxyl groups is 1. The number of urea groups is 1. The number of halogens is 1. The molecule has 2 rings (SSSR count). The molecule has 0 unspecified atom stereocenters. The lowest BCUT2D eigenvalue weighted by Gasteiger charge is -2.36. The quantitative estimate of drug-likeness (QED) is 0.789. The molecule has 0 aliphatic heterocycles. The molecule has 0 bridgehead atoms. The van der Waals surface area contributed by atoms with Crippen molar-refractivity contribution in [2.24, 2.45) is 0 Å². The Morgan fingerprint density at radius 2 is 2.22 bits per heavy atom. The zero-order valence-electron chi connectivity index (χ0n) is 10.3. The third kappa shape index (κ3) is 3.15. The predicted octanol–water partition coefficient (Wildman–Crippen LogP) is 2.68. The number of anilines is 1. The van der Waals surface area contributed by atoms with Crippen molar-refractivity contribution in [3.8, 4) is 0 Å². The zero-order chi connectivity index (χ0) is 13.2. The fourth-order valence-corrected chi connectivity index (χ4v) is 2.03. The van der Waals surface area contributed by atoms with E-state index in [-0.39, 0.29) is 6.03 Å². The second kappa shape index (κ2) is 5.16. The lowest BCUT2D eigenvalue weighted by atomic mass is 9.80. The van der Waals surface area contributed by atoms with Gasteiger partial charge in [0, 0.05) is 17.3 Å². The molecule has 3 N–H and O–H groups in total. The number of aryl methyl sites for hydroxylation is 1. The summed E-state index contributed by atoms with van der Waals surface area (Å²) in [6.45, 7) is 2.19. The molecule has 1 aromatic rings. The van der Waals surface area contributed by atoms with E-state index < -0.39 is 5.60 Å². The van der Waals surface area contributed by atoms with Crippen molar-refractivity contribution in [1.29, 1.82) is 0 Å². The van der Waals surface area contributed by atoms with Crippen LogP contribution in [-0.2, 0) is 0 Å². The minimum Gasteiger partial charge on any atom is -0.388 e. The standard InChI is InChI=1S/C13H17ClN2O2/c1-9-3-4-10(7-11(9)14)16-12(17)15-8-13(18)5-2-6-13/h3-4,7,18H,2,5-6,8H2,1H3,(H2,15,16,17). The number of carbonyl (C=O) groups excluding carboxylic acids is 1. The van der Waals surface area contributed by atoms with Gasteiger partial charge >= 0.3 is 6.03 Å². The minimum absolute atomic E-state index is 0.290. The van der Waals surface area contributed by atoms with Gasteiger partial charge in [-0.1, -0.05) is 17.7 Å². The lowest BCUT2D eigenvalue weighted by Crippen LogP contribution is -2.48. The Morgan fingerprint density at radius 3 is 2.78 bits per heavy atom. The van der Waals surface area contributed by atoms with Crippen LogP contribution in [0.4, 0.5) is 10.5 Å². The minimum atomic E-state index is -0.706. The van der Waals surface area contributed by atoms with Crippen molar-refractivity contribution < 1.29 is 9.90 Å². The molecule has 1 fully saturated rings. The summed E-state index contributed by atoms with van der Waals surface area (Å²) in [5, 5.41) is 15.8. The van der Waals surface area contributed by atoms with Crippen molar-refractivity contribution in [2.45, 2.75) is 31.8 Å². The van der Waals surface area contributed by atoms with E-state index >= 15 is 0 Å². The molecule has 4 nitrogen and oxygen atoms in total. The van der Waals surface area contributed by atoms with E-state index in [9.17, 15) is 9.90 Å². The van der Waals surface area contributed by atoms with Gasteiger partial charge in [0.1, 0.15) is 0 Å². The Bertz CT molecular complexity index is 458. The zero-order valence-corrected chi connectivity index (χ0v) is 11.0. The lowest BCUT2D eigenvalue weighted by molar-refractivity contribution is -0.0287. The number of hydrogen-bond donors (Lipinski definition) is 3. The summed E-state index contributed by atoms with van der Waals surface area (Å²) in [6.07, 6.45) is 2.53. The van der Waals surface area contributed by atoms with Crippen molar-refractivity contribution in [3.05, 3.63) is 28.8 Å². The first kappa shape index (κ1) is 13.2. The monoisotopic (exact) mass is 268 g/mol. The molecular weight excluding hydrogens is 252 g/mol. The van der Waals surface area contributed by atoms with Crippen LogP contribution >= 0.6 is 11.6 Å². The van der Waals surface area contributed by atoms with Gasteiger partial charge < -0.3 is 15.7 Å². The van der Waals surface area contributed by atoms with Crippen LogP contribution in [0.1, 0.15) is 24.8 Å². The van der Waals surface area contributed by atoms with Crippen LogP contribution in [0.25, 0.3) is 0 Å². The van der Waals surface area contributed by atoms with Crippen LogP contribution in [0.5, 0.6) is 0 Å². The maximum Gasteiger partial charge on any atom is 0.319 e. The van der Waals surface area contributed by atoms with E-state index in [1.165, 1.54) is 0 Å². The highest BCUT2D eigenvalue weighted by molar-refractivity contribution is 6.31. The smallest absolute Gasteiger partial charge is 0.319 e. The van der Waals surface area contributed by atoms with E-state index in [0.717, 1.165) is 24.8 Å². The summed E-state index contributed by atoms with van der Waals surface area (Å²) in [5.74, 6) is 0. The van der Waals surface area contributed by atoms with Gasteiger partial charge in [0.05, 0.1) is 5.60 Å². The fraction of sp³-hybridized carbons (Fsp3) is 0.462. The highest BCUT2D eigenvalue weighted by Gasteiger charge is 2.34. The summed E-state index contributed by atoms with van der Waals surface area (Å²) in [4.78, 5) is 11.6. The molecule has 1 saturated carbocycles. The molecule has 0 radical (unpaired) electrons. The van der Waals surface area contributed by atoms with E-state index in [0.29, 0.717) is 17.3 Å². The van der Waals surface area contributed by atoms with Crippen molar-refractivity contribution in [3.63, 3.8) is 0 Å². The van der Waals surface area contributed by atoms with Gasteiger partial charge in [-0.25, -0.2) is 4.79 Å². The second-order valence-electron chi connectivity index (χ2n) is 4.85. The van der Waals surface area contributed by atoms with Gasteiger partial charge in [-0.2, -0.15) is 0 Å². The third-order valence-corrected chi connectivity index (χ3v) is 3.70. The van der Waals surface area contributed by atoms with Gasteiger partial charge in [-0.3, -0.25) is 0 Å². The maximum absolute atomic E-state index is 11.6. The molecule has 1 aliphatic carbocycles. The van der Waals surface area contributed by atoms with Crippen LogP contribution in [0.15, 0.2) is 18.2 Å². The molecule has 18 heavy (non-hydrogen) atoms. The molecule has 1 aromatic carbocycles. The summed E-state index contributed by atoms with van der Waals surface area (Å²) in [5.41, 5.74) is 0.900. The topological polar surface area (TPSA) is 61.4 Å². The van der Waals surface area contributed by atoms with E-state index in [1.54, 1.807) is 12.1 Å². The number of rotatable bonds is 3. The van der Waals surface area contributed by atoms with Crippen LogP contribution in [0.2, 0.25) is 5.02 Å². The van der Waals surface area contributed by atoms with E-state index in [4.69, 9.17) is 11.6 Å². The Morgan fingerprint density at radius 1 is 1.50 bits per heavy atom. The van der Waals surface area contributed by atoms with Crippen molar-refractivity contribution in [2.75, 3.05) is 11.9 Å². The first-order valence-corrected chi connectivity index (χ1v) is 6.40. The number of nitrogens with one attached hydrogen (secondary N) is 2. The van der Waals surface area contributed by atoms with Gasteiger partial charge in [-0.15, -0.1) is 0 Å². The first-order valence-electron chi connectivity index (χ1n) is 6.02. The summed E-state index contributed by atoms with van der Waals surface area (Å²) in [6, 6.07) is 5.01. The summed E-state index contributed by atoms with van der Waals surface area (Å²) >= 11 is 5.97. The third-order valence-electron chi connectivity index (χ3n) is 3.29. The Labute approximate surface area is 111 Å². The fourth-order valence-electron chi connectivity index (χ4n) is 1.85. The molecule has 0 heterocycles. The van der Waals surface area contributed by atoms with Crippen LogP contribution in [0, 0.1) is 6.92 Å². The van der Waals surface area contributed by atoms with E-state index in [2.05, 4.69) is 10.6 Å². The van der Waals surface area contributed by atoms with Crippen molar-refractivity contribution in [1.82, 2.24) is 5.32 Å².